The molecule has 0 N–H and O–H groups in total. The molecule has 0 saturated carbocycles. The third-order valence-electron chi connectivity index (χ3n) is 5.46. The zero-order valence-corrected chi connectivity index (χ0v) is 18.5. The lowest BCUT2D eigenvalue weighted by atomic mass is 10.1. The van der Waals surface area contributed by atoms with Crippen LogP contribution in [0.25, 0.3) is 0 Å². The van der Waals surface area contributed by atoms with Gasteiger partial charge in [0.2, 0.25) is 10.0 Å². The van der Waals surface area contributed by atoms with Crippen molar-refractivity contribution in [3.8, 4) is 5.75 Å². The number of benzene rings is 1. The summed E-state index contributed by atoms with van der Waals surface area (Å²) in [5.41, 5.74) is 0.522. The monoisotopic (exact) mass is 444 g/mol. The first-order valence-electron chi connectivity index (χ1n) is 10.1. The van der Waals surface area contributed by atoms with E-state index >= 15 is 0 Å². The van der Waals surface area contributed by atoms with Crippen molar-refractivity contribution in [1.29, 1.82) is 0 Å². The molecule has 0 spiro atoms. The van der Waals surface area contributed by atoms with E-state index in [-0.39, 0.29) is 18.1 Å². The lowest BCUT2D eigenvalue weighted by Gasteiger charge is -2.30. The zero-order chi connectivity index (χ0) is 21.0. The summed E-state index contributed by atoms with van der Waals surface area (Å²) in [6.07, 6.45) is 4.46. The van der Waals surface area contributed by atoms with Gasteiger partial charge in [-0.05, 0) is 50.8 Å². The first kappa shape index (κ1) is 22.3. The minimum atomic E-state index is -3.16. The Morgan fingerprint density at radius 2 is 2.03 bits per heavy atom. The molecule has 2 aliphatic heterocycles. The smallest absolute Gasteiger partial charge is 0.253 e. The minimum Gasteiger partial charge on any atom is -0.489 e. The van der Waals surface area contributed by atoms with Gasteiger partial charge in [0, 0.05) is 38.3 Å². The van der Waals surface area contributed by atoms with Crippen molar-refractivity contribution in [2.45, 2.75) is 44.8 Å². The topological polar surface area (TPSA) is 76.2 Å². The van der Waals surface area contributed by atoms with Crippen molar-refractivity contribution in [3.05, 3.63) is 28.8 Å². The Morgan fingerprint density at radius 1 is 1.31 bits per heavy atom. The molecular formula is C20H29ClN2O5S. The Labute approximate surface area is 178 Å². The van der Waals surface area contributed by atoms with Crippen molar-refractivity contribution in [3.63, 3.8) is 0 Å². The van der Waals surface area contributed by atoms with Crippen molar-refractivity contribution >= 4 is 27.5 Å². The van der Waals surface area contributed by atoms with Gasteiger partial charge < -0.3 is 14.4 Å². The summed E-state index contributed by atoms with van der Waals surface area (Å²) in [7, 11) is -3.16. The molecule has 9 heteroatoms. The minimum absolute atomic E-state index is 0.0714. The fraction of sp³-hybridized carbons (Fsp3) is 0.650. The van der Waals surface area contributed by atoms with E-state index in [1.807, 2.05) is 6.92 Å². The largest absolute Gasteiger partial charge is 0.489 e. The molecule has 2 fully saturated rings. The molecule has 1 unspecified atom stereocenters. The van der Waals surface area contributed by atoms with Gasteiger partial charge in [0.25, 0.3) is 5.91 Å². The van der Waals surface area contributed by atoms with E-state index in [0.29, 0.717) is 55.4 Å². The Bertz CT molecular complexity index is 818. The second-order valence-electron chi connectivity index (χ2n) is 7.60. The van der Waals surface area contributed by atoms with Gasteiger partial charge in [0.05, 0.1) is 17.4 Å². The molecule has 1 aromatic rings. The Balaban J connectivity index is 1.60. The molecule has 2 aliphatic rings. The quantitative estimate of drug-likeness (QED) is 0.646. The molecule has 1 atom stereocenters. The van der Waals surface area contributed by atoms with Crippen LogP contribution in [0.2, 0.25) is 5.02 Å². The number of ether oxygens (including phenoxy) is 2. The van der Waals surface area contributed by atoms with Crippen LogP contribution in [-0.4, -0.2) is 74.8 Å². The van der Waals surface area contributed by atoms with Crippen LogP contribution in [0.15, 0.2) is 18.2 Å². The van der Waals surface area contributed by atoms with E-state index in [2.05, 4.69) is 0 Å². The zero-order valence-electron chi connectivity index (χ0n) is 17.0. The number of hydrogen-bond acceptors (Lipinski definition) is 5. The summed E-state index contributed by atoms with van der Waals surface area (Å²) in [6.45, 7) is 4.78. The maximum absolute atomic E-state index is 12.9. The third kappa shape index (κ3) is 5.84. The number of sulfonamides is 1. The summed E-state index contributed by atoms with van der Waals surface area (Å²) in [5, 5.41) is 0.384. The summed E-state index contributed by atoms with van der Waals surface area (Å²) in [4.78, 5) is 14.6. The van der Waals surface area contributed by atoms with Gasteiger partial charge in [0.15, 0.2) is 0 Å². The molecule has 1 aromatic carbocycles. The van der Waals surface area contributed by atoms with Crippen LogP contribution in [0.1, 0.15) is 43.0 Å². The molecule has 3 rings (SSSR count). The normalized spacial score (nSPS) is 21.3. The highest BCUT2D eigenvalue weighted by molar-refractivity contribution is 7.88. The highest BCUT2D eigenvalue weighted by Crippen LogP contribution is 2.29. The number of rotatable bonds is 7. The number of halogens is 1. The predicted octanol–water partition coefficient (Wildman–Crippen LogP) is 2.78. The first-order chi connectivity index (χ1) is 13.8. The summed E-state index contributed by atoms with van der Waals surface area (Å²) in [6, 6.07) is 5.09. The maximum atomic E-state index is 12.9. The van der Waals surface area contributed by atoms with Gasteiger partial charge in [-0.15, -0.1) is 0 Å². The van der Waals surface area contributed by atoms with Crippen molar-refractivity contribution in [1.82, 2.24) is 9.21 Å². The Hall–Kier alpha value is -1.35. The van der Waals surface area contributed by atoms with Gasteiger partial charge >= 0.3 is 0 Å². The molecule has 2 heterocycles. The average Bonchev–Trinajstić information content (AvgIpc) is 3.20. The number of piperidine rings is 1. The number of nitrogens with zero attached hydrogens (tertiary/aromatic N) is 2. The van der Waals surface area contributed by atoms with Crippen LogP contribution in [0, 0.1) is 0 Å². The molecular weight excluding hydrogens is 416 g/mol. The highest BCUT2D eigenvalue weighted by atomic mass is 35.5. The molecule has 0 aliphatic carbocycles. The third-order valence-corrected chi connectivity index (χ3v) is 7.06. The molecule has 162 valence electrons. The molecule has 0 bridgehead atoms. The number of likely N-dealkylation sites (N-methyl/N-ethyl adjacent to an activating group) is 1. The van der Waals surface area contributed by atoms with E-state index in [4.69, 9.17) is 21.1 Å². The summed E-state index contributed by atoms with van der Waals surface area (Å²) in [5.74, 6) is 0.445. The van der Waals surface area contributed by atoms with Gasteiger partial charge in [-0.25, -0.2) is 12.7 Å². The van der Waals surface area contributed by atoms with Gasteiger partial charge in [-0.3, -0.25) is 4.79 Å². The lowest BCUT2D eigenvalue weighted by Crippen LogP contribution is -2.41. The highest BCUT2D eigenvalue weighted by Gasteiger charge is 2.27. The van der Waals surface area contributed by atoms with Crippen molar-refractivity contribution < 1.29 is 22.7 Å². The van der Waals surface area contributed by atoms with E-state index in [1.165, 1.54) is 10.6 Å². The molecule has 1 amide bonds. The van der Waals surface area contributed by atoms with Crippen molar-refractivity contribution in [2.24, 2.45) is 0 Å². The van der Waals surface area contributed by atoms with E-state index in [1.54, 1.807) is 23.1 Å². The molecule has 7 nitrogen and oxygen atoms in total. The van der Waals surface area contributed by atoms with Crippen LogP contribution >= 0.6 is 11.6 Å². The average molecular weight is 445 g/mol. The van der Waals surface area contributed by atoms with Crippen LogP contribution < -0.4 is 4.74 Å². The Kier molecular flexibility index (Phi) is 7.42. The van der Waals surface area contributed by atoms with Crippen LogP contribution in [0.5, 0.6) is 5.75 Å². The first-order valence-corrected chi connectivity index (χ1v) is 12.3. The summed E-state index contributed by atoms with van der Waals surface area (Å²) < 4.78 is 36.3. The SMILES string of the molecule is CCN(CC1CCCO1)C(=O)c1ccc(OC2CCN(S(C)(=O)=O)CC2)c(Cl)c1. The van der Waals surface area contributed by atoms with Crippen LogP contribution in [-0.2, 0) is 14.8 Å². The van der Waals surface area contributed by atoms with Gasteiger partial charge in [-0.2, -0.15) is 0 Å². The molecule has 2 saturated heterocycles. The van der Waals surface area contributed by atoms with Crippen molar-refractivity contribution in [2.75, 3.05) is 39.0 Å². The number of carbonyl (C=O) groups excluding carboxylic acids is 1. The fourth-order valence-electron chi connectivity index (χ4n) is 3.76. The van der Waals surface area contributed by atoms with Gasteiger partial charge in [-0.1, -0.05) is 11.6 Å². The lowest BCUT2D eigenvalue weighted by molar-refractivity contribution is 0.0539. The molecule has 0 aromatic heterocycles. The number of amides is 1. The fourth-order valence-corrected chi connectivity index (χ4v) is 4.86. The number of hydrogen-bond donors (Lipinski definition) is 0. The van der Waals surface area contributed by atoms with E-state index in [0.717, 1.165) is 19.4 Å². The van der Waals surface area contributed by atoms with Crippen LogP contribution in [0.3, 0.4) is 0 Å². The second kappa shape index (κ2) is 9.64. The Morgan fingerprint density at radius 3 is 2.59 bits per heavy atom. The van der Waals surface area contributed by atoms with Crippen LogP contribution in [0.4, 0.5) is 0 Å². The second-order valence-corrected chi connectivity index (χ2v) is 9.99. The van der Waals surface area contributed by atoms with E-state index in [9.17, 15) is 13.2 Å². The maximum Gasteiger partial charge on any atom is 0.253 e. The van der Waals surface area contributed by atoms with Gasteiger partial charge in [0.1, 0.15) is 11.9 Å². The number of carbonyl (C=O) groups is 1. The standard InChI is InChI=1S/C20H29ClN2O5S/c1-3-22(14-17-5-4-12-27-17)20(24)15-6-7-19(18(21)13-15)28-16-8-10-23(11-9-16)29(2,25)26/h6-7,13,16-17H,3-5,8-12,14H2,1-2H3. The predicted molar refractivity (Wildman–Crippen MR) is 112 cm³/mol. The molecule has 29 heavy (non-hydrogen) atoms. The van der Waals surface area contributed by atoms with E-state index < -0.39 is 10.0 Å². The summed E-state index contributed by atoms with van der Waals surface area (Å²) >= 11 is 6.39. The molecule has 0 radical (unpaired) electrons.